The van der Waals surface area contributed by atoms with Crippen LogP contribution in [0.4, 0.5) is 10.5 Å². The third-order valence-electron chi connectivity index (χ3n) is 1.51. The largest absolute Gasteiger partial charge is 0.458 e. The lowest BCUT2D eigenvalue weighted by molar-refractivity contribution is 0.182. The SMILES string of the molecule is CCOC(=O)SC(=S)Nc1cccc(Cl)c1. The number of carbonyl (C=O) groups is 1. The van der Waals surface area contributed by atoms with Crippen LogP contribution < -0.4 is 5.32 Å². The zero-order valence-electron chi connectivity index (χ0n) is 8.53. The summed E-state index contributed by atoms with van der Waals surface area (Å²) in [5.41, 5.74) is 0.745. The first kappa shape index (κ1) is 13.3. The van der Waals surface area contributed by atoms with Crippen LogP contribution in [0.3, 0.4) is 0 Å². The molecule has 0 atom stereocenters. The molecule has 0 unspecified atom stereocenters. The van der Waals surface area contributed by atoms with Crippen molar-refractivity contribution in [2.45, 2.75) is 6.92 Å². The van der Waals surface area contributed by atoms with E-state index in [-0.39, 0.29) is 0 Å². The minimum absolute atomic E-state index is 0.334. The average Bonchev–Trinajstić information content (AvgIpc) is 2.17. The zero-order chi connectivity index (χ0) is 12.0. The van der Waals surface area contributed by atoms with E-state index < -0.39 is 5.30 Å². The highest BCUT2D eigenvalue weighted by Gasteiger charge is 2.07. The third-order valence-corrected chi connectivity index (χ3v) is 2.67. The summed E-state index contributed by atoms with van der Waals surface area (Å²) in [5.74, 6) is 0. The van der Waals surface area contributed by atoms with Crippen molar-refractivity contribution >= 4 is 50.9 Å². The number of hydrogen-bond acceptors (Lipinski definition) is 4. The van der Waals surface area contributed by atoms with E-state index in [0.29, 0.717) is 16.0 Å². The lowest BCUT2D eigenvalue weighted by Gasteiger charge is -2.06. The van der Waals surface area contributed by atoms with E-state index in [0.717, 1.165) is 17.4 Å². The Morgan fingerprint density at radius 2 is 2.38 bits per heavy atom. The standard InChI is InChI=1S/C10H10ClNO2S2/c1-2-14-10(13)16-9(15)12-8-5-3-4-7(11)6-8/h3-6H,2H2,1H3,(H,12,15). The number of nitrogens with one attached hydrogen (secondary N) is 1. The molecule has 16 heavy (non-hydrogen) atoms. The summed E-state index contributed by atoms with van der Waals surface area (Å²) in [4.78, 5) is 11.1. The Morgan fingerprint density at radius 3 is 3.00 bits per heavy atom. The lowest BCUT2D eigenvalue weighted by atomic mass is 10.3. The Labute approximate surface area is 109 Å². The second-order valence-electron chi connectivity index (χ2n) is 2.71. The van der Waals surface area contributed by atoms with Crippen molar-refractivity contribution in [1.29, 1.82) is 0 Å². The maximum Gasteiger partial charge on any atom is 0.374 e. The van der Waals surface area contributed by atoms with Crippen LogP contribution >= 0.6 is 35.6 Å². The van der Waals surface area contributed by atoms with Crippen molar-refractivity contribution in [2.24, 2.45) is 0 Å². The second kappa shape index (κ2) is 6.73. The average molecular weight is 276 g/mol. The molecule has 0 bridgehead atoms. The Morgan fingerprint density at radius 1 is 1.62 bits per heavy atom. The minimum atomic E-state index is -0.415. The maximum absolute atomic E-state index is 11.1. The highest BCUT2D eigenvalue weighted by Crippen LogP contribution is 2.17. The van der Waals surface area contributed by atoms with E-state index >= 15 is 0 Å². The normalized spacial score (nSPS) is 9.62. The van der Waals surface area contributed by atoms with E-state index in [1.165, 1.54) is 0 Å². The van der Waals surface area contributed by atoms with Gasteiger partial charge in [-0.15, -0.1) is 0 Å². The van der Waals surface area contributed by atoms with E-state index in [9.17, 15) is 4.79 Å². The van der Waals surface area contributed by atoms with Crippen LogP contribution in [-0.4, -0.2) is 16.2 Å². The highest BCUT2D eigenvalue weighted by atomic mass is 35.5. The van der Waals surface area contributed by atoms with Gasteiger partial charge in [0.1, 0.15) is 4.32 Å². The molecule has 86 valence electrons. The zero-order valence-corrected chi connectivity index (χ0v) is 10.9. The fourth-order valence-corrected chi connectivity index (χ4v) is 1.94. The smallest absolute Gasteiger partial charge is 0.374 e. The Balaban J connectivity index is 2.48. The number of hydrogen-bond donors (Lipinski definition) is 1. The Hall–Kier alpha value is -0.780. The number of halogens is 1. The lowest BCUT2D eigenvalue weighted by Crippen LogP contribution is -2.08. The summed E-state index contributed by atoms with van der Waals surface area (Å²) in [5, 5.41) is 3.07. The predicted octanol–water partition coefficient (Wildman–Crippen LogP) is 3.93. The molecule has 0 spiro atoms. The summed E-state index contributed by atoms with van der Waals surface area (Å²) in [6.07, 6.45) is 0. The van der Waals surface area contributed by atoms with Gasteiger partial charge in [-0.3, -0.25) is 0 Å². The van der Waals surface area contributed by atoms with Gasteiger partial charge < -0.3 is 10.1 Å². The first-order chi connectivity index (χ1) is 7.61. The van der Waals surface area contributed by atoms with Gasteiger partial charge in [0, 0.05) is 22.5 Å². The number of thiocarbonyl (C=S) groups is 1. The fourth-order valence-electron chi connectivity index (χ4n) is 0.933. The van der Waals surface area contributed by atoms with Crippen LogP contribution in [0.25, 0.3) is 0 Å². The predicted molar refractivity (Wildman–Crippen MR) is 72.3 cm³/mol. The van der Waals surface area contributed by atoms with Gasteiger partial charge in [-0.25, -0.2) is 4.79 Å². The van der Waals surface area contributed by atoms with E-state index in [4.69, 9.17) is 28.6 Å². The number of carbonyl (C=O) groups excluding carboxylic acids is 1. The van der Waals surface area contributed by atoms with E-state index in [1.54, 1.807) is 25.1 Å². The molecule has 0 aliphatic carbocycles. The molecule has 1 aromatic carbocycles. The van der Waals surface area contributed by atoms with Crippen molar-refractivity contribution in [3.63, 3.8) is 0 Å². The molecule has 3 nitrogen and oxygen atoms in total. The molecule has 1 aromatic rings. The molecular weight excluding hydrogens is 266 g/mol. The number of rotatable bonds is 2. The summed E-state index contributed by atoms with van der Waals surface area (Å²) in [6, 6.07) is 7.08. The van der Waals surface area contributed by atoms with Crippen molar-refractivity contribution in [3.8, 4) is 0 Å². The Bertz CT molecular complexity index is 398. The highest BCUT2D eigenvalue weighted by molar-refractivity contribution is 8.32. The van der Waals surface area contributed by atoms with Crippen LogP contribution in [-0.2, 0) is 4.74 Å². The molecule has 0 radical (unpaired) electrons. The topological polar surface area (TPSA) is 38.3 Å². The monoisotopic (exact) mass is 275 g/mol. The van der Waals surface area contributed by atoms with Crippen LogP contribution in [0.5, 0.6) is 0 Å². The molecule has 0 saturated heterocycles. The first-order valence-electron chi connectivity index (χ1n) is 4.53. The van der Waals surface area contributed by atoms with Gasteiger partial charge >= 0.3 is 5.30 Å². The van der Waals surface area contributed by atoms with Gasteiger partial charge in [0.2, 0.25) is 0 Å². The summed E-state index contributed by atoms with van der Waals surface area (Å²) in [6.45, 7) is 2.08. The van der Waals surface area contributed by atoms with E-state index in [1.807, 2.05) is 6.07 Å². The molecule has 0 aliphatic rings. The van der Waals surface area contributed by atoms with Crippen molar-refractivity contribution in [3.05, 3.63) is 29.3 Å². The van der Waals surface area contributed by atoms with Gasteiger partial charge in [-0.05, 0) is 25.1 Å². The molecule has 0 aliphatic heterocycles. The minimum Gasteiger partial charge on any atom is -0.458 e. The number of ether oxygens (including phenoxy) is 1. The van der Waals surface area contributed by atoms with Crippen LogP contribution in [0.1, 0.15) is 6.92 Å². The molecule has 0 saturated carbocycles. The Kier molecular flexibility index (Phi) is 5.59. The van der Waals surface area contributed by atoms with Gasteiger partial charge in [0.05, 0.1) is 6.61 Å². The molecule has 1 N–H and O–H groups in total. The first-order valence-corrected chi connectivity index (χ1v) is 6.13. The fraction of sp³-hybridized carbons (Fsp3) is 0.200. The molecular formula is C10H10ClNO2S2. The number of thioether (sulfide) groups is 1. The van der Waals surface area contributed by atoms with Crippen LogP contribution in [0.2, 0.25) is 5.02 Å². The molecule has 1 rings (SSSR count). The maximum atomic E-state index is 11.1. The summed E-state index contributed by atoms with van der Waals surface area (Å²) < 4.78 is 5.08. The van der Waals surface area contributed by atoms with Crippen LogP contribution in [0, 0.1) is 0 Å². The molecule has 6 heteroatoms. The van der Waals surface area contributed by atoms with Gasteiger partial charge in [0.15, 0.2) is 0 Å². The molecule has 0 fully saturated rings. The number of benzene rings is 1. The van der Waals surface area contributed by atoms with Crippen molar-refractivity contribution in [1.82, 2.24) is 0 Å². The van der Waals surface area contributed by atoms with Crippen molar-refractivity contribution in [2.75, 3.05) is 11.9 Å². The molecule has 0 heterocycles. The third kappa shape index (κ3) is 4.83. The van der Waals surface area contributed by atoms with Gasteiger partial charge in [-0.1, -0.05) is 29.9 Å². The summed E-state index contributed by atoms with van der Waals surface area (Å²) in [7, 11) is 0. The van der Waals surface area contributed by atoms with Gasteiger partial charge in [-0.2, -0.15) is 0 Å². The van der Waals surface area contributed by atoms with Crippen molar-refractivity contribution < 1.29 is 9.53 Å². The van der Waals surface area contributed by atoms with E-state index in [2.05, 4.69) is 5.32 Å². The quantitative estimate of drug-likeness (QED) is 0.654. The second-order valence-corrected chi connectivity index (χ2v) is 4.76. The molecule has 0 amide bonds. The van der Waals surface area contributed by atoms with Crippen LogP contribution in [0.15, 0.2) is 24.3 Å². The number of anilines is 1. The van der Waals surface area contributed by atoms with Gasteiger partial charge in [0.25, 0.3) is 0 Å². The summed E-state index contributed by atoms with van der Waals surface area (Å²) >= 11 is 11.6. The molecule has 0 aromatic heterocycles.